The molecule has 4 heteroatoms. The molecule has 1 aromatic rings. The van der Waals surface area contributed by atoms with Gasteiger partial charge in [0.05, 0.1) is 4.90 Å². The summed E-state index contributed by atoms with van der Waals surface area (Å²) in [6.45, 7) is 4.51. The lowest BCUT2D eigenvalue weighted by atomic mass is 9.89. The molecule has 0 fully saturated rings. The van der Waals surface area contributed by atoms with Crippen LogP contribution < -0.4 is 0 Å². The van der Waals surface area contributed by atoms with Gasteiger partial charge in [-0.15, -0.1) is 0 Å². The van der Waals surface area contributed by atoms with Crippen molar-refractivity contribution in [1.29, 1.82) is 0 Å². The van der Waals surface area contributed by atoms with Crippen molar-refractivity contribution < 1.29 is 13.0 Å². The van der Waals surface area contributed by atoms with Crippen LogP contribution in [0.2, 0.25) is 0 Å². The molecule has 1 aromatic carbocycles. The Bertz CT molecular complexity index is 564. The average Bonchev–Trinajstić information content (AvgIpc) is 2.62. The van der Waals surface area contributed by atoms with Crippen molar-refractivity contribution in [2.24, 2.45) is 5.92 Å². The minimum atomic E-state index is -4.09. The number of unbranched alkanes of at least 4 members (excludes halogenated alkanes) is 7. The predicted molar refractivity (Wildman–Crippen MR) is 110 cm³/mol. The molecular weight excluding hydrogens is 344 g/mol. The molecular formula is C22H38O3S. The van der Waals surface area contributed by atoms with E-state index in [0.717, 1.165) is 17.9 Å². The van der Waals surface area contributed by atoms with Gasteiger partial charge in [-0.2, -0.15) is 8.42 Å². The zero-order chi connectivity index (χ0) is 19.3. The summed E-state index contributed by atoms with van der Waals surface area (Å²) in [5.74, 6) is 0.773. The van der Waals surface area contributed by atoms with Gasteiger partial charge >= 0.3 is 0 Å². The van der Waals surface area contributed by atoms with Crippen LogP contribution in [0.25, 0.3) is 0 Å². The molecule has 0 aliphatic carbocycles. The highest BCUT2D eigenvalue weighted by Crippen LogP contribution is 2.24. The Hall–Kier alpha value is -0.870. The summed E-state index contributed by atoms with van der Waals surface area (Å²) in [6.07, 6.45) is 16.8. The van der Waals surface area contributed by atoms with Gasteiger partial charge in [0, 0.05) is 0 Å². The summed E-state index contributed by atoms with van der Waals surface area (Å²) in [6, 6.07) is 6.67. The molecule has 1 rings (SSSR count). The largest absolute Gasteiger partial charge is 0.294 e. The van der Waals surface area contributed by atoms with Gasteiger partial charge in [-0.05, 0) is 36.5 Å². The number of hydrogen-bond acceptors (Lipinski definition) is 2. The molecule has 0 aromatic heterocycles. The van der Waals surface area contributed by atoms with Crippen LogP contribution in [0.1, 0.15) is 96.5 Å². The number of rotatable bonds is 15. The Morgan fingerprint density at radius 1 is 0.769 bits per heavy atom. The quantitative estimate of drug-likeness (QED) is 0.268. The number of aryl methyl sites for hydroxylation is 1. The van der Waals surface area contributed by atoms with E-state index in [4.69, 9.17) is 4.55 Å². The normalized spacial score (nSPS) is 13.0. The molecule has 0 bridgehead atoms. The highest BCUT2D eigenvalue weighted by molar-refractivity contribution is 7.85. The zero-order valence-electron chi connectivity index (χ0n) is 16.8. The fourth-order valence-corrected chi connectivity index (χ4v) is 4.01. The lowest BCUT2D eigenvalue weighted by Crippen LogP contribution is -2.04. The third-order valence-corrected chi connectivity index (χ3v) is 6.11. The van der Waals surface area contributed by atoms with Crippen molar-refractivity contribution in [3.63, 3.8) is 0 Å². The summed E-state index contributed by atoms with van der Waals surface area (Å²) < 4.78 is 31.3. The summed E-state index contributed by atoms with van der Waals surface area (Å²) >= 11 is 0. The Balaban J connectivity index is 2.46. The van der Waals surface area contributed by atoms with Crippen molar-refractivity contribution in [2.45, 2.75) is 102 Å². The molecule has 0 saturated heterocycles. The van der Waals surface area contributed by atoms with Gasteiger partial charge < -0.3 is 0 Å². The molecule has 150 valence electrons. The minimum Gasteiger partial charge on any atom is -0.282 e. The van der Waals surface area contributed by atoms with E-state index in [0.29, 0.717) is 0 Å². The Morgan fingerprint density at radius 2 is 1.27 bits per heavy atom. The SMILES string of the molecule is CCCCCCCC(CCCCCC)CCc1ccc(S(=O)(=O)O)cc1. The molecule has 1 unspecified atom stereocenters. The standard InChI is InChI=1S/C22H38O3S/c1-3-5-7-9-11-13-20(12-10-8-6-4-2)14-15-21-16-18-22(19-17-21)26(23,24)25/h16-20H,3-15H2,1-2H3,(H,23,24,25). The van der Waals surface area contributed by atoms with Gasteiger partial charge in [-0.25, -0.2) is 0 Å². The van der Waals surface area contributed by atoms with Gasteiger partial charge in [0.15, 0.2) is 0 Å². The Labute approximate surface area is 161 Å². The molecule has 1 N–H and O–H groups in total. The van der Waals surface area contributed by atoms with Crippen LogP contribution >= 0.6 is 0 Å². The van der Waals surface area contributed by atoms with E-state index in [1.165, 1.54) is 89.2 Å². The summed E-state index contributed by atoms with van der Waals surface area (Å²) in [4.78, 5) is -0.0201. The van der Waals surface area contributed by atoms with Crippen LogP contribution in [0.15, 0.2) is 29.2 Å². The van der Waals surface area contributed by atoms with Crippen LogP contribution in [-0.4, -0.2) is 13.0 Å². The van der Waals surface area contributed by atoms with E-state index in [2.05, 4.69) is 13.8 Å². The first-order valence-electron chi connectivity index (χ1n) is 10.5. The summed E-state index contributed by atoms with van der Waals surface area (Å²) in [7, 11) is -4.09. The van der Waals surface area contributed by atoms with Crippen LogP contribution in [0, 0.1) is 5.92 Å². The fraction of sp³-hybridized carbons (Fsp3) is 0.727. The summed E-state index contributed by atoms with van der Waals surface area (Å²) in [5, 5.41) is 0. The Morgan fingerprint density at radius 3 is 1.77 bits per heavy atom. The lowest BCUT2D eigenvalue weighted by molar-refractivity contribution is 0.382. The third kappa shape index (κ3) is 10.3. The van der Waals surface area contributed by atoms with Crippen molar-refractivity contribution >= 4 is 10.1 Å². The van der Waals surface area contributed by atoms with Crippen molar-refractivity contribution in [2.75, 3.05) is 0 Å². The van der Waals surface area contributed by atoms with E-state index in [9.17, 15) is 8.42 Å². The monoisotopic (exact) mass is 382 g/mol. The minimum absolute atomic E-state index is 0.0201. The molecule has 3 nitrogen and oxygen atoms in total. The molecule has 0 saturated carbocycles. The second kappa shape index (κ2) is 13.3. The van der Waals surface area contributed by atoms with Crippen LogP contribution in [-0.2, 0) is 16.5 Å². The third-order valence-electron chi connectivity index (χ3n) is 5.24. The average molecular weight is 383 g/mol. The molecule has 26 heavy (non-hydrogen) atoms. The molecule has 1 atom stereocenters. The van der Waals surface area contributed by atoms with Crippen LogP contribution in [0.3, 0.4) is 0 Å². The molecule has 0 aliphatic rings. The maximum Gasteiger partial charge on any atom is 0.294 e. The molecule has 0 aliphatic heterocycles. The van der Waals surface area contributed by atoms with E-state index < -0.39 is 10.1 Å². The summed E-state index contributed by atoms with van der Waals surface area (Å²) in [5.41, 5.74) is 1.15. The van der Waals surface area contributed by atoms with Gasteiger partial charge in [0.2, 0.25) is 0 Å². The van der Waals surface area contributed by atoms with Crippen LogP contribution in [0.5, 0.6) is 0 Å². The first kappa shape index (κ1) is 23.2. The van der Waals surface area contributed by atoms with Gasteiger partial charge in [0.1, 0.15) is 0 Å². The maximum absolute atomic E-state index is 11.1. The number of benzene rings is 1. The van der Waals surface area contributed by atoms with Crippen LogP contribution in [0.4, 0.5) is 0 Å². The first-order valence-corrected chi connectivity index (χ1v) is 12.0. The van der Waals surface area contributed by atoms with E-state index in [1.807, 2.05) is 12.1 Å². The smallest absolute Gasteiger partial charge is 0.282 e. The first-order chi connectivity index (χ1) is 12.5. The maximum atomic E-state index is 11.1. The molecule has 0 radical (unpaired) electrons. The van der Waals surface area contributed by atoms with Gasteiger partial charge in [-0.1, -0.05) is 96.6 Å². The topological polar surface area (TPSA) is 54.4 Å². The second-order valence-corrected chi connectivity index (χ2v) is 9.00. The molecule has 0 heterocycles. The van der Waals surface area contributed by atoms with Gasteiger partial charge in [-0.3, -0.25) is 4.55 Å². The number of hydrogen-bond donors (Lipinski definition) is 1. The van der Waals surface area contributed by atoms with Crippen molar-refractivity contribution in [1.82, 2.24) is 0 Å². The lowest BCUT2D eigenvalue weighted by Gasteiger charge is -2.17. The van der Waals surface area contributed by atoms with E-state index in [-0.39, 0.29) is 4.90 Å². The highest BCUT2D eigenvalue weighted by atomic mass is 32.2. The second-order valence-electron chi connectivity index (χ2n) is 7.58. The van der Waals surface area contributed by atoms with Crippen molar-refractivity contribution in [3.05, 3.63) is 29.8 Å². The van der Waals surface area contributed by atoms with Gasteiger partial charge in [0.25, 0.3) is 10.1 Å². The zero-order valence-corrected chi connectivity index (χ0v) is 17.6. The predicted octanol–water partition coefficient (Wildman–Crippen LogP) is 6.81. The fourth-order valence-electron chi connectivity index (χ4n) is 3.53. The van der Waals surface area contributed by atoms with Crippen molar-refractivity contribution in [3.8, 4) is 0 Å². The molecule has 0 spiro atoms. The van der Waals surface area contributed by atoms with E-state index in [1.54, 1.807) is 0 Å². The van der Waals surface area contributed by atoms with E-state index >= 15 is 0 Å². The highest BCUT2D eigenvalue weighted by Gasteiger charge is 2.11. The Kier molecular flexibility index (Phi) is 11.9. The molecule has 0 amide bonds.